The number of carbonyl (C=O) groups excluding carboxylic acids is 1. The summed E-state index contributed by atoms with van der Waals surface area (Å²) in [5.41, 5.74) is -0.350. The number of carboxylic acids is 1. The van der Waals surface area contributed by atoms with Crippen LogP contribution in [0.5, 0.6) is 0 Å². The van der Waals surface area contributed by atoms with E-state index in [1.54, 1.807) is 13.0 Å². The Labute approximate surface area is 158 Å². The van der Waals surface area contributed by atoms with E-state index in [0.717, 1.165) is 38.5 Å². The quantitative estimate of drug-likeness (QED) is 0.413. The van der Waals surface area contributed by atoms with Gasteiger partial charge in [0.2, 0.25) is 0 Å². The van der Waals surface area contributed by atoms with E-state index in [0.29, 0.717) is 11.8 Å². The van der Waals surface area contributed by atoms with Crippen molar-refractivity contribution in [2.45, 2.75) is 91.3 Å². The summed E-state index contributed by atoms with van der Waals surface area (Å²) >= 11 is 0. The Morgan fingerprint density at radius 1 is 1.31 bits per heavy atom. The van der Waals surface area contributed by atoms with E-state index in [2.05, 4.69) is 27.7 Å². The molecule has 0 aromatic heterocycles. The first-order chi connectivity index (χ1) is 12.2. The topological polar surface area (TPSA) is 72.8 Å². The molecule has 5 atom stereocenters. The van der Waals surface area contributed by atoms with Gasteiger partial charge < -0.3 is 5.11 Å². The van der Waals surface area contributed by atoms with Crippen LogP contribution < -0.4 is 0 Å². The molecule has 1 N–H and O–H groups in total. The van der Waals surface area contributed by atoms with Gasteiger partial charge in [-0.3, -0.25) is 9.59 Å². The van der Waals surface area contributed by atoms with E-state index < -0.39 is 5.97 Å². The van der Waals surface area contributed by atoms with Crippen LogP contribution in [0.2, 0.25) is 0 Å². The van der Waals surface area contributed by atoms with Crippen LogP contribution in [0.25, 0.3) is 0 Å². The van der Waals surface area contributed by atoms with Crippen molar-refractivity contribution < 1.29 is 24.5 Å². The van der Waals surface area contributed by atoms with Crippen molar-refractivity contribution in [2.75, 3.05) is 0 Å². The van der Waals surface area contributed by atoms with Crippen molar-refractivity contribution >= 4 is 11.8 Å². The molecule has 0 bridgehead atoms. The highest BCUT2D eigenvalue weighted by molar-refractivity contribution is 5.87. The molecule has 150 valence electrons. The van der Waals surface area contributed by atoms with Gasteiger partial charge in [-0.05, 0) is 62.9 Å². The van der Waals surface area contributed by atoms with E-state index in [-0.39, 0.29) is 29.8 Å². The number of aliphatic carboxylic acids is 1. The Morgan fingerprint density at radius 3 is 2.50 bits per heavy atom. The Kier molecular flexibility index (Phi) is 9.51. The number of rotatable bonds is 11. The molecule has 0 radical (unpaired) electrons. The second-order valence-electron chi connectivity index (χ2n) is 7.91. The van der Waals surface area contributed by atoms with Gasteiger partial charge in [0.05, 0.1) is 6.42 Å². The molecule has 0 aromatic rings. The molecule has 1 rings (SSSR count). The largest absolute Gasteiger partial charge is 0.481 e. The maximum atomic E-state index is 11.2. The molecule has 1 heterocycles. The maximum absolute atomic E-state index is 11.2. The number of hydrogen-bond acceptors (Lipinski definition) is 4. The van der Waals surface area contributed by atoms with Crippen LogP contribution in [-0.2, 0) is 19.4 Å². The molecule has 0 amide bonds. The predicted octanol–water partition coefficient (Wildman–Crippen LogP) is 4.94. The third kappa shape index (κ3) is 7.20. The van der Waals surface area contributed by atoms with Gasteiger partial charge in [0.1, 0.15) is 11.7 Å². The Hall–Kier alpha value is -1.20. The zero-order valence-corrected chi connectivity index (χ0v) is 17.0. The fourth-order valence-electron chi connectivity index (χ4n) is 4.02. The van der Waals surface area contributed by atoms with Crippen LogP contribution in [0.1, 0.15) is 79.6 Å². The molecular weight excluding hydrogens is 332 g/mol. The highest BCUT2D eigenvalue weighted by Gasteiger charge is 2.43. The van der Waals surface area contributed by atoms with Gasteiger partial charge in [-0.2, -0.15) is 0 Å². The minimum Gasteiger partial charge on any atom is -0.481 e. The molecule has 5 heteroatoms. The lowest BCUT2D eigenvalue weighted by atomic mass is 9.76. The van der Waals surface area contributed by atoms with E-state index in [9.17, 15) is 9.59 Å². The molecule has 0 unspecified atom stereocenters. The standard InChI is InChI=1S/C21H36O5/c1-6-17(10-9-16(5)22)11-15(4)13-21(8-3)14-18(7-2)19(25-26-21)12-20(23)24/h9-10,15,17-19H,6-8,11-14H2,1-5H3,(H,23,24)/b10-9+/t15-,17-,18+,19+,21-/m0/s1. The summed E-state index contributed by atoms with van der Waals surface area (Å²) in [5, 5.41) is 9.06. The van der Waals surface area contributed by atoms with Crippen LogP contribution in [0.4, 0.5) is 0 Å². The molecule has 0 saturated carbocycles. The monoisotopic (exact) mass is 368 g/mol. The molecule has 1 aliphatic heterocycles. The van der Waals surface area contributed by atoms with Crippen LogP contribution >= 0.6 is 0 Å². The summed E-state index contributed by atoms with van der Waals surface area (Å²) in [5.74, 6) is 0.243. The fourth-order valence-corrected chi connectivity index (χ4v) is 4.02. The zero-order chi connectivity index (χ0) is 19.7. The first kappa shape index (κ1) is 22.8. The van der Waals surface area contributed by atoms with Crippen LogP contribution in [0.15, 0.2) is 12.2 Å². The van der Waals surface area contributed by atoms with Gasteiger partial charge in [-0.25, -0.2) is 9.78 Å². The molecule has 0 aromatic carbocycles. The normalized spacial score (nSPS) is 28.8. The summed E-state index contributed by atoms with van der Waals surface area (Å²) in [6.45, 7) is 10.1. The summed E-state index contributed by atoms with van der Waals surface area (Å²) in [4.78, 5) is 33.6. The Bertz CT molecular complexity index is 487. The smallest absolute Gasteiger partial charge is 0.306 e. The van der Waals surface area contributed by atoms with Crippen LogP contribution in [0, 0.1) is 17.8 Å². The zero-order valence-electron chi connectivity index (χ0n) is 17.0. The van der Waals surface area contributed by atoms with E-state index in [4.69, 9.17) is 14.9 Å². The first-order valence-corrected chi connectivity index (χ1v) is 10.00. The molecule has 5 nitrogen and oxygen atoms in total. The second kappa shape index (κ2) is 10.8. The van der Waals surface area contributed by atoms with Crippen LogP contribution in [0.3, 0.4) is 0 Å². The second-order valence-corrected chi connectivity index (χ2v) is 7.91. The molecule has 1 aliphatic rings. The average molecular weight is 369 g/mol. The predicted molar refractivity (Wildman–Crippen MR) is 102 cm³/mol. The molecule has 1 fully saturated rings. The Morgan fingerprint density at radius 2 is 2.00 bits per heavy atom. The van der Waals surface area contributed by atoms with Crippen molar-refractivity contribution in [1.29, 1.82) is 0 Å². The van der Waals surface area contributed by atoms with E-state index in [1.807, 2.05) is 6.08 Å². The summed E-state index contributed by atoms with van der Waals surface area (Å²) in [7, 11) is 0. The molecule has 26 heavy (non-hydrogen) atoms. The van der Waals surface area contributed by atoms with Crippen molar-refractivity contribution in [2.24, 2.45) is 17.8 Å². The fraction of sp³-hybridized carbons (Fsp3) is 0.810. The minimum absolute atomic E-state index is 0.0123. The average Bonchev–Trinajstić information content (AvgIpc) is 2.59. The summed E-state index contributed by atoms with van der Waals surface area (Å²) in [6.07, 6.45) is 8.75. The lowest BCUT2D eigenvalue weighted by Crippen LogP contribution is -2.46. The van der Waals surface area contributed by atoms with Crippen LogP contribution in [-0.4, -0.2) is 28.6 Å². The highest BCUT2D eigenvalue weighted by atomic mass is 17.2. The molecule has 0 spiro atoms. The molecule has 0 aliphatic carbocycles. The minimum atomic E-state index is -0.850. The van der Waals surface area contributed by atoms with Gasteiger partial charge in [0, 0.05) is 0 Å². The number of carboxylic acid groups (broad SMARTS) is 1. The first-order valence-electron chi connectivity index (χ1n) is 10.00. The summed E-state index contributed by atoms with van der Waals surface area (Å²) < 4.78 is 0. The number of hydrogen-bond donors (Lipinski definition) is 1. The Balaban J connectivity index is 2.72. The van der Waals surface area contributed by atoms with Gasteiger partial charge in [0.15, 0.2) is 5.78 Å². The lowest BCUT2D eigenvalue weighted by Gasteiger charge is -2.43. The number of allylic oxidation sites excluding steroid dienone is 2. The van der Waals surface area contributed by atoms with Gasteiger partial charge >= 0.3 is 5.97 Å². The van der Waals surface area contributed by atoms with Gasteiger partial charge in [-0.1, -0.05) is 40.2 Å². The molecular formula is C21H36O5. The van der Waals surface area contributed by atoms with E-state index >= 15 is 0 Å². The van der Waals surface area contributed by atoms with Gasteiger partial charge in [0.25, 0.3) is 0 Å². The number of ketones is 1. The number of carbonyl (C=O) groups is 2. The lowest BCUT2D eigenvalue weighted by molar-refractivity contribution is -0.424. The van der Waals surface area contributed by atoms with Crippen molar-refractivity contribution in [3.63, 3.8) is 0 Å². The van der Waals surface area contributed by atoms with Crippen molar-refractivity contribution in [3.05, 3.63) is 12.2 Å². The third-order valence-corrected chi connectivity index (χ3v) is 5.61. The van der Waals surface area contributed by atoms with Crippen molar-refractivity contribution in [1.82, 2.24) is 0 Å². The molecule has 1 saturated heterocycles. The highest BCUT2D eigenvalue weighted by Crippen LogP contribution is 2.41. The third-order valence-electron chi connectivity index (χ3n) is 5.61. The SMILES string of the molecule is CC[C@@H](/C=C/C(C)=O)C[C@H](C)C[C@@]1(CC)C[C@@H](CC)[C@@H](CC(=O)O)OO1. The van der Waals surface area contributed by atoms with Crippen molar-refractivity contribution in [3.8, 4) is 0 Å². The van der Waals surface area contributed by atoms with E-state index in [1.165, 1.54) is 0 Å². The maximum Gasteiger partial charge on any atom is 0.306 e. The van der Waals surface area contributed by atoms with Gasteiger partial charge in [-0.15, -0.1) is 0 Å². The summed E-state index contributed by atoms with van der Waals surface area (Å²) in [6, 6.07) is 0.